The van der Waals surface area contributed by atoms with Gasteiger partial charge in [-0.2, -0.15) is 0 Å². The molecule has 0 saturated carbocycles. The Morgan fingerprint density at radius 2 is 2.00 bits per heavy atom. The summed E-state index contributed by atoms with van der Waals surface area (Å²) in [6.07, 6.45) is 0. The van der Waals surface area contributed by atoms with Crippen molar-refractivity contribution in [3.05, 3.63) is 35.6 Å². The van der Waals surface area contributed by atoms with E-state index in [2.05, 4.69) is 0 Å². The summed E-state index contributed by atoms with van der Waals surface area (Å²) in [6, 6.07) is 6.57. The number of thioether (sulfide) groups is 1. The van der Waals surface area contributed by atoms with Crippen LogP contribution in [0.3, 0.4) is 0 Å². The second kappa shape index (κ2) is 5.16. The lowest BCUT2D eigenvalue weighted by molar-refractivity contribution is -0.117. The Balaban J connectivity index is 2.73. The van der Waals surface area contributed by atoms with Crippen molar-refractivity contribution >= 4 is 17.7 Å². The minimum atomic E-state index is -0.372. The fourth-order valence-corrected chi connectivity index (χ4v) is 2.34. The normalized spacial score (nSPS) is 14.6. The van der Waals surface area contributed by atoms with E-state index in [1.54, 1.807) is 25.1 Å². The molecule has 0 aliphatic rings. The monoisotopic (exact) mass is 227 g/mol. The number of halogens is 1. The van der Waals surface area contributed by atoms with Crippen LogP contribution in [0.4, 0.5) is 4.39 Å². The molecule has 0 heterocycles. The molecule has 4 heteroatoms. The molecule has 0 fully saturated rings. The smallest absolute Gasteiger partial charge is 0.230 e. The minimum Gasteiger partial charge on any atom is -0.369 e. The molecule has 82 valence electrons. The molecule has 0 spiro atoms. The van der Waals surface area contributed by atoms with E-state index in [-0.39, 0.29) is 22.2 Å². The van der Waals surface area contributed by atoms with Crippen LogP contribution in [-0.4, -0.2) is 11.2 Å². The van der Waals surface area contributed by atoms with Crippen molar-refractivity contribution in [2.24, 2.45) is 5.73 Å². The molecule has 15 heavy (non-hydrogen) atoms. The van der Waals surface area contributed by atoms with Crippen molar-refractivity contribution in [1.82, 2.24) is 0 Å². The highest BCUT2D eigenvalue weighted by molar-refractivity contribution is 8.00. The number of nitrogens with two attached hydrogens (primary N) is 1. The van der Waals surface area contributed by atoms with Gasteiger partial charge in [-0.05, 0) is 19.9 Å². The van der Waals surface area contributed by atoms with Crippen molar-refractivity contribution in [3.8, 4) is 0 Å². The number of hydrogen-bond acceptors (Lipinski definition) is 2. The zero-order valence-corrected chi connectivity index (χ0v) is 9.55. The molecule has 2 N–H and O–H groups in total. The molecular weight excluding hydrogens is 213 g/mol. The van der Waals surface area contributed by atoms with Crippen LogP contribution < -0.4 is 5.73 Å². The number of hydrogen-bond donors (Lipinski definition) is 1. The van der Waals surface area contributed by atoms with Crippen LogP contribution >= 0.6 is 11.8 Å². The average molecular weight is 227 g/mol. The van der Waals surface area contributed by atoms with Gasteiger partial charge in [0.25, 0.3) is 0 Å². The molecule has 2 atom stereocenters. The van der Waals surface area contributed by atoms with Gasteiger partial charge in [0.2, 0.25) is 5.91 Å². The SMILES string of the molecule is CC(SC(C)c1ccccc1F)C(N)=O. The Bertz CT molecular complexity index is 356. The van der Waals surface area contributed by atoms with E-state index in [0.29, 0.717) is 5.56 Å². The molecule has 0 aromatic heterocycles. The van der Waals surface area contributed by atoms with Gasteiger partial charge in [-0.15, -0.1) is 11.8 Å². The Morgan fingerprint density at radius 1 is 1.40 bits per heavy atom. The van der Waals surface area contributed by atoms with Gasteiger partial charge in [-0.25, -0.2) is 4.39 Å². The molecule has 1 rings (SSSR count). The van der Waals surface area contributed by atoms with Gasteiger partial charge in [-0.1, -0.05) is 18.2 Å². The zero-order valence-electron chi connectivity index (χ0n) is 8.74. The van der Waals surface area contributed by atoms with E-state index >= 15 is 0 Å². The van der Waals surface area contributed by atoms with Crippen LogP contribution in [0.2, 0.25) is 0 Å². The first-order valence-electron chi connectivity index (χ1n) is 4.71. The summed E-state index contributed by atoms with van der Waals surface area (Å²) >= 11 is 1.36. The van der Waals surface area contributed by atoms with Gasteiger partial charge < -0.3 is 5.73 Å². The molecule has 1 aromatic carbocycles. The molecule has 1 amide bonds. The van der Waals surface area contributed by atoms with Gasteiger partial charge in [-0.3, -0.25) is 4.79 Å². The van der Waals surface area contributed by atoms with Crippen LogP contribution in [0.25, 0.3) is 0 Å². The highest BCUT2D eigenvalue weighted by atomic mass is 32.2. The highest BCUT2D eigenvalue weighted by Crippen LogP contribution is 2.32. The van der Waals surface area contributed by atoms with Crippen molar-refractivity contribution in [1.29, 1.82) is 0 Å². The lowest BCUT2D eigenvalue weighted by atomic mass is 10.1. The Morgan fingerprint density at radius 3 is 2.53 bits per heavy atom. The summed E-state index contributed by atoms with van der Waals surface area (Å²) in [4.78, 5) is 10.9. The van der Waals surface area contributed by atoms with Crippen LogP contribution in [0.1, 0.15) is 24.7 Å². The van der Waals surface area contributed by atoms with Gasteiger partial charge >= 0.3 is 0 Å². The van der Waals surface area contributed by atoms with Crippen LogP contribution in [0.5, 0.6) is 0 Å². The van der Waals surface area contributed by atoms with Gasteiger partial charge in [0.1, 0.15) is 5.82 Å². The van der Waals surface area contributed by atoms with E-state index in [4.69, 9.17) is 5.73 Å². The third kappa shape index (κ3) is 3.23. The summed E-state index contributed by atoms with van der Waals surface area (Å²) in [5.41, 5.74) is 5.75. The van der Waals surface area contributed by atoms with Crippen molar-refractivity contribution in [3.63, 3.8) is 0 Å². The van der Waals surface area contributed by atoms with E-state index in [1.807, 2.05) is 6.92 Å². The number of benzene rings is 1. The molecule has 0 aliphatic heterocycles. The quantitative estimate of drug-likeness (QED) is 0.858. The molecular formula is C11H14FNOS. The summed E-state index contributed by atoms with van der Waals surface area (Å²) < 4.78 is 13.4. The van der Waals surface area contributed by atoms with Crippen LogP contribution in [0, 0.1) is 5.82 Å². The summed E-state index contributed by atoms with van der Waals surface area (Å²) in [6.45, 7) is 3.59. The Labute approximate surface area is 93.0 Å². The second-order valence-electron chi connectivity index (χ2n) is 3.34. The maximum Gasteiger partial charge on any atom is 0.230 e. The van der Waals surface area contributed by atoms with E-state index in [1.165, 1.54) is 17.8 Å². The number of rotatable bonds is 4. The fourth-order valence-electron chi connectivity index (χ4n) is 1.25. The minimum absolute atomic E-state index is 0.0753. The lowest BCUT2D eigenvalue weighted by Gasteiger charge is -2.15. The summed E-state index contributed by atoms with van der Waals surface area (Å²) in [5.74, 6) is -0.614. The molecule has 2 unspecified atom stereocenters. The summed E-state index contributed by atoms with van der Waals surface area (Å²) in [7, 11) is 0. The predicted octanol–water partition coefficient (Wildman–Crippen LogP) is 2.49. The number of carbonyl (C=O) groups is 1. The average Bonchev–Trinajstić information content (AvgIpc) is 2.18. The lowest BCUT2D eigenvalue weighted by Crippen LogP contribution is -2.23. The highest BCUT2D eigenvalue weighted by Gasteiger charge is 2.17. The zero-order chi connectivity index (χ0) is 11.4. The van der Waals surface area contributed by atoms with Crippen LogP contribution in [-0.2, 0) is 4.79 Å². The van der Waals surface area contributed by atoms with Gasteiger partial charge in [0.15, 0.2) is 0 Å². The first kappa shape index (κ1) is 12.0. The van der Waals surface area contributed by atoms with Gasteiger partial charge in [0, 0.05) is 10.8 Å². The number of carbonyl (C=O) groups excluding carboxylic acids is 1. The van der Waals surface area contributed by atoms with Crippen molar-refractivity contribution < 1.29 is 9.18 Å². The van der Waals surface area contributed by atoms with E-state index < -0.39 is 0 Å². The molecule has 0 radical (unpaired) electrons. The molecule has 1 aromatic rings. The van der Waals surface area contributed by atoms with E-state index in [9.17, 15) is 9.18 Å². The third-order valence-electron chi connectivity index (χ3n) is 2.15. The molecule has 0 saturated heterocycles. The number of primary amides is 1. The molecule has 0 bridgehead atoms. The fraction of sp³-hybridized carbons (Fsp3) is 0.364. The first-order valence-corrected chi connectivity index (χ1v) is 5.66. The standard InChI is InChI=1S/C11H14FNOS/c1-7(15-8(2)11(13)14)9-5-3-4-6-10(9)12/h3-8H,1-2H3,(H2,13,14). The maximum atomic E-state index is 13.4. The predicted molar refractivity (Wildman–Crippen MR) is 61.1 cm³/mol. The van der Waals surface area contributed by atoms with Crippen molar-refractivity contribution in [2.45, 2.75) is 24.3 Å². The Hall–Kier alpha value is -1.03. The maximum absolute atomic E-state index is 13.4. The number of amides is 1. The third-order valence-corrected chi connectivity index (χ3v) is 3.45. The first-order chi connectivity index (χ1) is 7.02. The van der Waals surface area contributed by atoms with Gasteiger partial charge in [0.05, 0.1) is 5.25 Å². The second-order valence-corrected chi connectivity index (χ2v) is 5.03. The van der Waals surface area contributed by atoms with Crippen molar-refractivity contribution in [2.75, 3.05) is 0 Å². The Kier molecular flexibility index (Phi) is 4.15. The topological polar surface area (TPSA) is 43.1 Å². The van der Waals surface area contributed by atoms with Crippen LogP contribution in [0.15, 0.2) is 24.3 Å². The summed E-state index contributed by atoms with van der Waals surface area (Å²) in [5, 5.41) is -0.381. The molecule has 2 nitrogen and oxygen atoms in total. The molecule has 0 aliphatic carbocycles. The largest absolute Gasteiger partial charge is 0.369 e. The van der Waals surface area contributed by atoms with E-state index in [0.717, 1.165) is 0 Å².